The number of para-hydroxylation sites is 1. The predicted molar refractivity (Wildman–Crippen MR) is 83.5 cm³/mol. The van der Waals surface area contributed by atoms with Crippen LogP contribution in [-0.2, 0) is 13.5 Å². The first-order valence-electron chi connectivity index (χ1n) is 7.62. The lowest BCUT2D eigenvalue weighted by atomic mass is 9.69. The summed E-state index contributed by atoms with van der Waals surface area (Å²) in [6, 6.07) is 8.80. The van der Waals surface area contributed by atoms with Gasteiger partial charge in [-0.2, -0.15) is 5.10 Å². The molecule has 1 aromatic carbocycles. The summed E-state index contributed by atoms with van der Waals surface area (Å²) < 4.78 is 1.99. The quantitative estimate of drug-likeness (QED) is 0.911. The van der Waals surface area contributed by atoms with E-state index in [1.54, 1.807) is 0 Å². The molecule has 2 atom stereocenters. The third kappa shape index (κ3) is 2.47. The van der Waals surface area contributed by atoms with Crippen LogP contribution in [0.5, 0.6) is 0 Å². The van der Waals surface area contributed by atoms with Crippen LogP contribution in [0.15, 0.2) is 24.3 Å². The van der Waals surface area contributed by atoms with Crippen LogP contribution in [0.2, 0.25) is 0 Å². The Balaban J connectivity index is 1.89. The van der Waals surface area contributed by atoms with Gasteiger partial charge in [-0.25, -0.2) is 0 Å². The number of nitrogens with two attached hydrogens (primary N) is 1. The molecule has 0 aliphatic heterocycles. The molecule has 0 saturated heterocycles. The van der Waals surface area contributed by atoms with Crippen molar-refractivity contribution in [3.05, 3.63) is 30.0 Å². The second kappa shape index (κ2) is 4.88. The van der Waals surface area contributed by atoms with Gasteiger partial charge in [-0.3, -0.25) is 4.68 Å². The van der Waals surface area contributed by atoms with E-state index in [-0.39, 0.29) is 0 Å². The van der Waals surface area contributed by atoms with Crippen LogP contribution in [0.4, 0.5) is 0 Å². The van der Waals surface area contributed by atoms with Crippen molar-refractivity contribution in [3.8, 4) is 0 Å². The molecular weight excluding hydrogens is 246 g/mol. The Morgan fingerprint density at radius 1 is 1.35 bits per heavy atom. The zero-order valence-electron chi connectivity index (χ0n) is 12.8. The summed E-state index contributed by atoms with van der Waals surface area (Å²) in [7, 11) is 2.02. The van der Waals surface area contributed by atoms with Gasteiger partial charge in [0, 0.05) is 18.5 Å². The van der Waals surface area contributed by atoms with Gasteiger partial charge in [-0.1, -0.05) is 32.0 Å². The largest absolute Gasteiger partial charge is 0.327 e. The lowest BCUT2D eigenvalue weighted by molar-refractivity contribution is 0.156. The van der Waals surface area contributed by atoms with Gasteiger partial charge in [-0.15, -0.1) is 0 Å². The van der Waals surface area contributed by atoms with Gasteiger partial charge in [0.15, 0.2) is 0 Å². The molecule has 0 bridgehead atoms. The van der Waals surface area contributed by atoms with E-state index in [0.29, 0.717) is 17.4 Å². The minimum absolute atomic E-state index is 0.323. The first-order valence-corrected chi connectivity index (χ1v) is 7.62. The fraction of sp³-hybridized carbons (Fsp3) is 0.588. The molecular formula is C17H25N3. The summed E-state index contributed by atoms with van der Waals surface area (Å²) in [6.07, 6.45) is 4.60. The molecule has 3 rings (SSSR count). The highest BCUT2D eigenvalue weighted by atomic mass is 15.3. The molecule has 1 aliphatic rings. The molecule has 2 unspecified atom stereocenters. The zero-order chi connectivity index (χ0) is 14.3. The summed E-state index contributed by atoms with van der Waals surface area (Å²) in [5.74, 6) is 0.553. The number of hydrogen-bond acceptors (Lipinski definition) is 2. The summed E-state index contributed by atoms with van der Waals surface area (Å²) in [5, 5.41) is 6.01. The van der Waals surface area contributed by atoms with Crippen LogP contribution in [0.1, 0.15) is 38.8 Å². The molecule has 2 aromatic rings. The lowest BCUT2D eigenvalue weighted by Crippen LogP contribution is -2.40. The fourth-order valence-corrected chi connectivity index (χ4v) is 3.67. The fourth-order valence-electron chi connectivity index (χ4n) is 3.67. The summed E-state index contributed by atoms with van der Waals surface area (Å²) >= 11 is 0. The molecule has 0 spiro atoms. The van der Waals surface area contributed by atoms with Crippen LogP contribution in [0.3, 0.4) is 0 Å². The van der Waals surface area contributed by atoms with E-state index in [9.17, 15) is 0 Å². The van der Waals surface area contributed by atoms with Crippen molar-refractivity contribution in [1.29, 1.82) is 0 Å². The van der Waals surface area contributed by atoms with Gasteiger partial charge in [0.25, 0.3) is 0 Å². The zero-order valence-corrected chi connectivity index (χ0v) is 12.8. The Hall–Kier alpha value is -1.35. The molecule has 3 heteroatoms. The van der Waals surface area contributed by atoms with Crippen molar-refractivity contribution in [3.63, 3.8) is 0 Å². The third-order valence-corrected chi connectivity index (χ3v) is 4.86. The van der Waals surface area contributed by atoms with Gasteiger partial charge >= 0.3 is 0 Å². The van der Waals surface area contributed by atoms with Crippen LogP contribution in [-0.4, -0.2) is 15.8 Å². The number of hydrogen-bond donors (Lipinski definition) is 1. The molecule has 3 nitrogen and oxygen atoms in total. The maximum absolute atomic E-state index is 6.36. The molecule has 2 N–H and O–H groups in total. The number of rotatable bonds is 2. The average Bonchev–Trinajstić information content (AvgIpc) is 2.72. The van der Waals surface area contributed by atoms with Gasteiger partial charge in [0.2, 0.25) is 0 Å². The molecule has 0 amide bonds. The van der Waals surface area contributed by atoms with Crippen LogP contribution in [0.25, 0.3) is 10.9 Å². The predicted octanol–water partition coefficient (Wildman–Crippen LogP) is 3.27. The number of fused-ring (bicyclic) bond motifs is 1. The number of benzene rings is 1. The highest BCUT2D eigenvalue weighted by Gasteiger charge is 2.33. The highest BCUT2D eigenvalue weighted by Crippen LogP contribution is 2.39. The maximum atomic E-state index is 6.36. The maximum Gasteiger partial charge on any atom is 0.0706 e. The minimum Gasteiger partial charge on any atom is -0.327 e. The van der Waals surface area contributed by atoms with E-state index < -0.39 is 0 Å². The molecule has 1 aromatic heterocycles. The highest BCUT2D eigenvalue weighted by molar-refractivity contribution is 5.81. The first-order chi connectivity index (χ1) is 9.46. The van der Waals surface area contributed by atoms with Crippen molar-refractivity contribution < 1.29 is 0 Å². The standard InChI is InChI=1S/C17H25N3/c1-17(2)9-8-14(18)12(11-17)10-15-13-6-4-5-7-16(13)20(3)19-15/h4-7,12,14H,8-11,18H2,1-3H3. The van der Waals surface area contributed by atoms with Gasteiger partial charge in [-0.05, 0) is 43.1 Å². The van der Waals surface area contributed by atoms with E-state index in [1.165, 1.54) is 29.4 Å². The van der Waals surface area contributed by atoms with Crippen LogP contribution < -0.4 is 5.73 Å². The summed E-state index contributed by atoms with van der Waals surface area (Å²) in [4.78, 5) is 0. The van der Waals surface area contributed by atoms with Gasteiger partial charge in [0.1, 0.15) is 0 Å². The number of aromatic nitrogens is 2. The second-order valence-electron chi connectivity index (χ2n) is 7.12. The first kappa shape index (κ1) is 13.6. The Morgan fingerprint density at radius 2 is 2.10 bits per heavy atom. The monoisotopic (exact) mass is 271 g/mol. The number of nitrogens with zero attached hydrogens (tertiary/aromatic N) is 2. The van der Waals surface area contributed by atoms with E-state index >= 15 is 0 Å². The molecule has 1 fully saturated rings. The summed E-state index contributed by atoms with van der Waals surface area (Å²) in [5.41, 5.74) is 9.21. The average molecular weight is 271 g/mol. The van der Waals surface area contributed by atoms with E-state index in [0.717, 1.165) is 12.8 Å². The van der Waals surface area contributed by atoms with Gasteiger partial charge in [0.05, 0.1) is 11.2 Å². The Bertz CT molecular complexity index is 612. The molecule has 108 valence electrons. The molecule has 1 aliphatic carbocycles. The molecule has 20 heavy (non-hydrogen) atoms. The topological polar surface area (TPSA) is 43.8 Å². The van der Waals surface area contributed by atoms with E-state index in [1.807, 2.05) is 11.7 Å². The van der Waals surface area contributed by atoms with E-state index in [2.05, 4.69) is 38.1 Å². The normalized spacial score (nSPS) is 26.0. The van der Waals surface area contributed by atoms with Crippen LogP contribution in [0, 0.1) is 11.3 Å². The Kier molecular flexibility index (Phi) is 3.33. The van der Waals surface area contributed by atoms with Crippen molar-refractivity contribution in [1.82, 2.24) is 9.78 Å². The minimum atomic E-state index is 0.323. The van der Waals surface area contributed by atoms with Crippen molar-refractivity contribution >= 4 is 10.9 Å². The SMILES string of the molecule is Cn1nc(CC2CC(C)(C)CCC2N)c2ccccc21. The van der Waals surface area contributed by atoms with Gasteiger partial charge < -0.3 is 5.73 Å². The smallest absolute Gasteiger partial charge is 0.0706 e. The lowest BCUT2D eigenvalue weighted by Gasteiger charge is -2.39. The van der Waals surface area contributed by atoms with Crippen molar-refractivity contribution in [2.75, 3.05) is 0 Å². The third-order valence-electron chi connectivity index (χ3n) is 4.86. The Morgan fingerprint density at radius 3 is 2.90 bits per heavy atom. The second-order valence-corrected chi connectivity index (χ2v) is 7.12. The van der Waals surface area contributed by atoms with Crippen molar-refractivity contribution in [2.45, 2.75) is 45.6 Å². The molecule has 0 radical (unpaired) electrons. The number of aryl methyl sites for hydroxylation is 1. The Labute approximate surface area is 121 Å². The van der Waals surface area contributed by atoms with Crippen LogP contribution >= 0.6 is 0 Å². The summed E-state index contributed by atoms with van der Waals surface area (Å²) in [6.45, 7) is 4.73. The molecule has 1 heterocycles. The van der Waals surface area contributed by atoms with Crippen molar-refractivity contribution in [2.24, 2.45) is 24.1 Å². The van der Waals surface area contributed by atoms with E-state index in [4.69, 9.17) is 10.8 Å². The molecule has 1 saturated carbocycles.